The summed E-state index contributed by atoms with van der Waals surface area (Å²) in [5.74, 6) is 0.286. The standard InChI is InChI=1S/C3H7NO2S/c4-3-1-2-7(3,5)6/h3H,1-2,4H2. The summed E-state index contributed by atoms with van der Waals surface area (Å²) in [6.07, 6.45) is 0.641. The van der Waals surface area contributed by atoms with E-state index in [0.717, 1.165) is 0 Å². The fourth-order valence-corrected chi connectivity index (χ4v) is 1.34. The lowest BCUT2D eigenvalue weighted by molar-refractivity contribution is 0.551. The van der Waals surface area contributed by atoms with E-state index in [2.05, 4.69) is 0 Å². The zero-order valence-corrected chi connectivity index (χ0v) is 4.61. The van der Waals surface area contributed by atoms with E-state index in [-0.39, 0.29) is 5.75 Å². The highest BCUT2D eigenvalue weighted by Crippen LogP contribution is 2.13. The van der Waals surface area contributed by atoms with E-state index in [4.69, 9.17) is 5.73 Å². The molecular weight excluding hydrogens is 114 g/mol. The van der Waals surface area contributed by atoms with Crippen LogP contribution in [0, 0.1) is 0 Å². The van der Waals surface area contributed by atoms with E-state index in [9.17, 15) is 8.42 Å². The molecule has 0 spiro atoms. The maximum atomic E-state index is 10.3. The van der Waals surface area contributed by atoms with Crippen molar-refractivity contribution in [2.75, 3.05) is 5.75 Å². The highest BCUT2D eigenvalue weighted by Gasteiger charge is 2.31. The summed E-state index contributed by atoms with van der Waals surface area (Å²) in [7, 11) is -2.78. The van der Waals surface area contributed by atoms with Crippen molar-refractivity contribution < 1.29 is 8.42 Å². The first-order valence-electron chi connectivity index (χ1n) is 2.10. The Labute approximate surface area is 42.4 Å². The number of hydrogen-bond acceptors (Lipinski definition) is 3. The van der Waals surface area contributed by atoms with Gasteiger partial charge in [0.2, 0.25) is 0 Å². The summed E-state index contributed by atoms with van der Waals surface area (Å²) < 4.78 is 20.6. The van der Waals surface area contributed by atoms with Crippen molar-refractivity contribution in [1.29, 1.82) is 0 Å². The van der Waals surface area contributed by atoms with Crippen LogP contribution >= 0.6 is 0 Å². The molecule has 42 valence electrons. The molecule has 0 aromatic rings. The van der Waals surface area contributed by atoms with E-state index in [1.54, 1.807) is 0 Å². The van der Waals surface area contributed by atoms with Crippen LogP contribution in [0.2, 0.25) is 0 Å². The second-order valence-corrected chi connectivity index (χ2v) is 4.03. The average Bonchev–Trinajstić information content (AvgIpc) is 1.63. The maximum absolute atomic E-state index is 10.3. The topological polar surface area (TPSA) is 60.2 Å². The third kappa shape index (κ3) is 0.637. The average molecular weight is 121 g/mol. The van der Waals surface area contributed by atoms with Crippen LogP contribution in [0.25, 0.3) is 0 Å². The third-order valence-electron chi connectivity index (χ3n) is 1.15. The zero-order valence-electron chi connectivity index (χ0n) is 3.79. The first kappa shape index (κ1) is 5.05. The van der Waals surface area contributed by atoms with Crippen LogP contribution in [-0.4, -0.2) is 19.5 Å². The minimum absolute atomic E-state index is 0.286. The van der Waals surface area contributed by atoms with Gasteiger partial charge in [0, 0.05) is 0 Å². The molecule has 3 nitrogen and oxygen atoms in total. The Kier molecular flexibility index (Phi) is 0.864. The van der Waals surface area contributed by atoms with Crippen molar-refractivity contribution in [3.8, 4) is 0 Å². The van der Waals surface area contributed by atoms with E-state index < -0.39 is 15.2 Å². The predicted octanol–water partition coefficient (Wildman–Crippen LogP) is -0.910. The van der Waals surface area contributed by atoms with Gasteiger partial charge in [-0.05, 0) is 6.42 Å². The van der Waals surface area contributed by atoms with Gasteiger partial charge >= 0.3 is 0 Å². The summed E-state index contributed by atoms with van der Waals surface area (Å²) in [5, 5.41) is -0.549. The quantitative estimate of drug-likeness (QED) is 0.451. The Morgan fingerprint density at radius 1 is 1.57 bits per heavy atom. The molecule has 2 N–H and O–H groups in total. The fourth-order valence-electron chi connectivity index (χ4n) is 0.446. The second kappa shape index (κ2) is 1.20. The molecule has 1 unspecified atom stereocenters. The van der Waals surface area contributed by atoms with Gasteiger partial charge in [0.25, 0.3) is 0 Å². The summed E-state index contributed by atoms with van der Waals surface area (Å²) >= 11 is 0. The van der Waals surface area contributed by atoms with Crippen molar-refractivity contribution in [2.24, 2.45) is 5.73 Å². The molecule has 0 aliphatic carbocycles. The van der Waals surface area contributed by atoms with Gasteiger partial charge in [-0.25, -0.2) is 8.42 Å². The van der Waals surface area contributed by atoms with E-state index in [0.29, 0.717) is 6.42 Å². The van der Waals surface area contributed by atoms with Gasteiger partial charge in [0.15, 0.2) is 9.84 Å². The molecule has 1 atom stereocenters. The summed E-state index contributed by atoms with van der Waals surface area (Å²) in [5.41, 5.74) is 5.07. The van der Waals surface area contributed by atoms with Crippen molar-refractivity contribution in [2.45, 2.75) is 11.8 Å². The minimum Gasteiger partial charge on any atom is -0.315 e. The van der Waals surface area contributed by atoms with Gasteiger partial charge in [-0.3, -0.25) is 0 Å². The highest BCUT2D eigenvalue weighted by molar-refractivity contribution is 7.93. The number of nitrogens with two attached hydrogens (primary N) is 1. The molecule has 4 heteroatoms. The lowest BCUT2D eigenvalue weighted by atomic mass is 10.5. The largest absolute Gasteiger partial charge is 0.315 e. The molecule has 1 saturated heterocycles. The Morgan fingerprint density at radius 2 is 2.00 bits per heavy atom. The number of sulfone groups is 1. The maximum Gasteiger partial charge on any atom is 0.166 e. The van der Waals surface area contributed by atoms with Gasteiger partial charge in [-0.2, -0.15) is 0 Å². The Balaban J connectivity index is 2.79. The van der Waals surface area contributed by atoms with Crippen LogP contribution in [0.4, 0.5) is 0 Å². The van der Waals surface area contributed by atoms with Crippen LogP contribution in [0.15, 0.2) is 0 Å². The highest BCUT2D eigenvalue weighted by atomic mass is 32.2. The molecule has 0 aromatic heterocycles. The normalized spacial score (nSPS) is 37.0. The predicted molar refractivity (Wildman–Crippen MR) is 26.4 cm³/mol. The number of rotatable bonds is 0. The van der Waals surface area contributed by atoms with Gasteiger partial charge in [-0.1, -0.05) is 0 Å². The van der Waals surface area contributed by atoms with E-state index >= 15 is 0 Å². The van der Waals surface area contributed by atoms with Crippen LogP contribution < -0.4 is 5.73 Å². The first-order chi connectivity index (χ1) is 3.13. The van der Waals surface area contributed by atoms with Crippen molar-refractivity contribution in [1.82, 2.24) is 0 Å². The number of hydrogen-bond donors (Lipinski definition) is 1. The molecule has 0 amide bonds. The third-order valence-corrected chi connectivity index (χ3v) is 3.11. The molecule has 7 heavy (non-hydrogen) atoms. The molecule has 1 fully saturated rings. The fraction of sp³-hybridized carbons (Fsp3) is 1.00. The summed E-state index contributed by atoms with van der Waals surface area (Å²) in [4.78, 5) is 0. The molecule has 0 radical (unpaired) electrons. The Bertz CT molecular complexity index is 160. The first-order valence-corrected chi connectivity index (χ1v) is 3.81. The minimum atomic E-state index is -2.78. The molecule has 1 aliphatic rings. The van der Waals surface area contributed by atoms with Gasteiger partial charge in [-0.15, -0.1) is 0 Å². The molecule has 0 aromatic carbocycles. The molecule has 0 saturated carbocycles. The molecule has 1 rings (SSSR count). The van der Waals surface area contributed by atoms with Crippen LogP contribution in [0.3, 0.4) is 0 Å². The monoisotopic (exact) mass is 121 g/mol. The lowest BCUT2D eigenvalue weighted by Crippen LogP contribution is -2.43. The van der Waals surface area contributed by atoms with E-state index in [1.807, 2.05) is 0 Å². The van der Waals surface area contributed by atoms with Crippen LogP contribution in [-0.2, 0) is 9.84 Å². The smallest absolute Gasteiger partial charge is 0.166 e. The van der Waals surface area contributed by atoms with Crippen molar-refractivity contribution in [3.63, 3.8) is 0 Å². The second-order valence-electron chi connectivity index (χ2n) is 1.69. The Morgan fingerprint density at radius 3 is 2.00 bits per heavy atom. The summed E-state index contributed by atoms with van der Waals surface area (Å²) in [6, 6.07) is 0. The molecule has 1 aliphatic heterocycles. The molecule has 1 heterocycles. The zero-order chi connectivity index (χ0) is 5.49. The molecular formula is C3H7NO2S. The van der Waals surface area contributed by atoms with Crippen LogP contribution in [0.1, 0.15) is 6.42 Å². The van der Waals surface area contributed by atoms with E-state index in [1.165, 1.54) is 0 Å². The lowest BCUT2D eigenvalue weighted by Gasteiger charge is -2.20. The van der Waals surface area contributed by atoms with Crippen molar-refractivity contribution >= 4 is 9.84 Å². The van der Waals surface area contributed by atoms with Gasteiger partial charge in [0.1, 0.15) is 5.37 Å². The SMILES string of the molecule is NC1CCS1(=O)=O. The van der Waals surface area contributed by atoms with Gasteiger partial charge in [0.05, 0.1) is 5.75 Å². The van der Waals surface area contributed by atoms with Gasteiger partial charge < -0.3 is 5.73 Å². The molecule has 0 bridgehead atoms. The Hall–Kier alpha value is -0.0900. The summed E-state index contributed by atoms with van der Waals surface area (Å²) in [6.45, 7) is 0. The van der Waals surface area contributed by atoms with Crippen LogP contribution in [0.5, 0.6) is 0 Å². The van der Waals surface area contributed by atoms with Crippen molar-refractivity contribution in [3.05, 3.63) is 0 Å².